The summed E-state index contributed by atoms with van der Waals surface area (Å²) in [7, 11) is -3.71. The quantitative estimate of drug-likeness (QED) is 0.393. The molecule has 0 radical (unpaired) electrons. The fraction of sp³-hybridized carbons (Fsp3) is 0.750. The van der Waals surface area contributed by atoms with Crippen LogP contribution in [0.25, 0.3) is 0 Å². The SMILES string of the molecule is C=C(C)C(=O)OCC(CC)(CC)CCS(=O)(=O)ON. The van der Waals surface area contributed by atoms with E-state index in [2.05, 4.69) is 10.9 Å². The van der Waals surface area contributed by atoms with E-state index in [4.69, 9.17) is 10.6 Å². The molecule has 0 aliphatic rings. The molecule has 19 heavy (non-hydrogen) atoms. The van der Waals surface area contributed by atoms with E-state index >= 15 is 0 Å². The molecule has 112 valence electrons. The lowest BCUT2D eigenvalue weighted by Gasteiger charge is -2.30. The molecular formula is C12H23NO5S. The number of esters is 1. The van der Waals surface area contributed by atoms with Crippen molar-refractivity contribution in [2.75, 3.05) is 12.4 Å². The molecule has 0 aliphatic heterocycles. The van der Waals surface area contributed by atoms with E-state index in [0.29, 0.717) is 24.8 Å². The lowest BCUT2D eigenvalue weighted by atomic mass is 9.81. The highest BCUT2D eigenvalue weighted by atomic mass is 32.2. The molecule has 0 aromatic carbocycles. The molecule has 2 N–H and O–H groups in total. The van der Waals surface area contributed by atoms with E-state index in [1.54, 1.807) is 6.92 Å². The first-order valence-electron chi connectivity index (χ1n) is 6.15. The summed E-state index contributed by atoms with van der Waals surface area (Å²) in [5.41, 5.74) is -0.0736. The van der Waals surface area contributed by atoms with Gasteiger partial charge in [-0.15, -0.1) is 0 Å². The number of ether oxygens (including phenoxy) is 1. The van der Waals surface area contributed by atoms with Gasteiger partial charge in [0.1, 0.15) is 0 Å². The van der Waals surface area contributed by atoms with Crippen LogP contribution >= 0.6 is 0 Å². The number of hydrogen-bond donors (Lipinski definition) is 1. The summed E-state index contributed by atoms with van der Waals surface area (Å²) in [5, 5.41) is 0. The second kappa shape index (κ2) is 7.62. The molecule has 0 heterocycles. The largest absolute Gasteiger partial charge is 0.462 e. The van der Waals surface area contributed by atoms with Crippen molar-refractivity contribution in [2.24, 2.45) is 11.3 Å². The average molecular weight is 293 g/mol. The Labute approximate surface area is 115 Å². The molecule has 0 spiro atoms. The predicted octanol–water partition coefficient (Wildman–Crippen LogP) is 1.52. The Hall–Kier alpha value is -0.920. The van der Waals surface area contributed by atoms with Gasteiger partial charge in [-0.25, -0.2) is 4.79 Å². The summed E-state index contributed by atoms with van der Waals surface area (Å²) in [6, 6.07) is 0. The third-order valence-electron chi connectivity index (χ3n) is 3.39. The van der Waals surface area contributed by atoms with Crippen molar-refractivity contribution in [2.45, 2.75) is 40.0 Å². The molecule has 0 rings (SSSR count). The highest BCUT2D eigenvalue weighted by Gasteiger charge is 2.30. The molecule has 0 unspecified atom stereocenters. The van der Waals surface area contributed by atoms with Crippen molar-refractivity contribution in [3.8, 4) is 0 Å². The van der Waals surface area contributed by atoms with Crippen molar-refractivity contribution in [3.63, 3.8) is 0 Å². The van der Waals surface area contributed by atoms with E-state index in [9.17, 15) is 13.2 Å². The van der Waals surface area contributed by atoms with Crippen molar-refractivity contribution in [1.29, 1.82) is 0 Å². The zero-order chi connectivity index (χ0) is 15.1. The Morgan fingerprint density at radius 2 is 1.84 bits per heavy atom. The second-order valence-electron chi connectivity index (χ2n) is 4.67. The molecule has 0 bridgehead atoms. The number of nitrogens with two attached hydrogens (primary N) is 1. The summed E-state index contributed by atoms with van der Waals surface area (Å²) in [6.07, 6.45) is 1.70. The van der Waals surface area contributed by atoms with Crippen LogP contribution in [0, 0.1) is 5.41 Å². The molecule has 0 fully saturated rings. The van der Waals surface area contributed by atoms with Gasteiger partial charge in [0.15, 0.2) is 0 Å². The number of carbonyl (C=O) groups is 1. The highest BCUT2D eigenvalue weighted by molar-refractivity contribution is 7.86. The van der Waals surface area contributed by atoms with Crippen molar-refractivity contribution < 1.29 is 22.2 Å². The molecule has 0 aromatic heterocycles. The second-order valence-corrected chi connectivity index (χ2v) is 6.39. The van der Waals surface area contributed by atoms with Gasteiger partial charge in [-0.3, -0.25) is 0 Å². The maximum atomic E-state index is 11.4. The van der Waals surface area contributed by atoms with Gasteiger partial charge in [0.25, 0.3) is 10.1 Å². The van der Waals surface area contributed by atoms with Crippen molar-refractivity contribution in [3.05, 3.63) is 12.2 Å². The lowest BCUT2D eigenvalue weighted by molar-refractivity contribution is -0.142. The Morgan fingerprint density at radius 1 is 1.32 bits per heavy atom. The van der Waals surface area contributed by atoms with Gasteiger partial charge in [0.05, 0.1) is 12.4 Å². The van der Waals surface area contributed by atoms with E-state index in [-0.39, 0.29) is 12.4 Å². The average Bonchev–Trinajstić information content (AvgIpc) is 2.39. The summed E-state index contributed by atoms with van der Waals surface area (Å²) in [6.45, 7) is 9.07. The van der Waals surface area contributed by atoms with Gasteiger partial charge in [0, 0.05) is 11.0 Å². The fourth-order valence-electron chi connectivity index (χ4n) is 1.61. The van der Waals surface area contributed by atoms with Gasteiger partial charge in [-0.1, -0.05) is 20.4 Å². The lowest BCUT2D eigenvalue weighted by Crippen LogP contribution is -2.31. The smallest absolute Gasteiger partial charge is 0.333 e. The van der Waals surface area contributed by atoms with Crippen LogP contribution in [0.2, 0.25) is 0 Å². The Balaban J connectivity index is 4.67. The van der Waals surface area contributed by atoms with Gasteiger partial charge < -0.3 is 4.74 Å². The van der Waals surface area contributed by atoms with E-state index < -0.39 is 21.5 Å². The molecular weight excluding hydrogens is 270 g/mol. The summed E-state index contributed by atoms with van der Waals surface area (Å²) in [5.74, 6) is 4.03. The minimum atomic E-state index is -3.71. The first kappa shape index (κ1) is 18.1. The third-order valence-corrected chi connectivity index (χ3v) is 4.38. The number of hydrogen-bond acceptors (Lipinski definition) is 6. The normalized spacial score (nSPS) is 12.2. The van der Waals surface area contributed by atoms with Crippen molar-refractivity contribution >= 4 is 16.1 Å². The van der Waals surface area contributed by atoms with Crippen LogP contribution in [-0.2, 0) is 23.9 Å². The van der Waals surface area contributed by atoms with Crippen molar-refractivity contribution in [1.82, 2.24) is 0 Å². The summed E-state index contributed by atoms with van der Waals surface area (Å²) >= 11 is 0. The van der Waals surface area contributed by atoms with Gasteiger partial charge in [-0.2, -0.15) is 18.6 Å². The van der Waals surface area contributed by atoms with Crippen LogP contribution in [0.1, 0.15) is 40.0 Å². The van der Waals surface area contributed by atoms with Crippen LogP contribution in [-0.4, -0.2) is 26.7 Å². The van der Waals surface area contributed by atoms with Gasteiger partial charge in [-0.05, 0) is 26.2 Å². The Bertz CT molecular complexity index is 412. The van der Waals surface area contributed by atoms with E-state index in [1.165, 1.54) is 0 Å². The highest BCUT2D eigenvalue weighted by Crippen LogP contribution is 2.31. The van der Waals surface area contributed by atoms with E-state index in [1.807, 2.05) is 13.8 Å². The van der Waals surface area contributed by atoms with Crippen LogP contribution in [0.15, 0.2) is 12.2 Å². The molecule has 0 atom stereocenters. The zero-order valence-electron chi connectivity index (χ0n) is 11.8. The summed E-state index contributed by atoms with van der Waals surface area (Å²) in [4.78, 5) is 11.4. The minimum Gasteiger partial charge on any atom is -0.462 e. The fourth-order valence-corrected chi connectivity index (χ4v) is 2.39. The molecule has 0 amide bonds. The maximum Gasteiger partial charge on any atom is 0.333 e. The zero-order valence-corrected chi connectivity index (χ0v) is 12.6. The maximum absolute atomic E-state index is 11.4. The van der Waals surface area contributed by atoms with Gasteiger partial charge in [0.2, 0.25) is 0 Å². The first-order chi connectivity index (χ1) is 8.72. The summed E-state index contributed by atoms with van der Waals surface area (Å²) < 4.78 is 31.6. The molecule has 0 aromatic rings. The van der Waals surface area contributed by atoms with Gasteiger partial charge >= 0.3 is 5.97 Å². The Kier molecular flexibility index (Phi) is 7.25. The van der Waals surface area contributed by atoms with Crippen LogP contribution < -0.4 is 5.90 Å². The topological polar surface area (TPSA) is 95.7 Å². The molecule has 0 aliphatic carbocycles. The molecule has 7 heteroatoms. The first-order valence-corrected chi connectivity index (χ1v) is 7.73. The van der Waals surface area contributed by atoms with Crippen LogP contribution in [0.5, 0.6) is 0 Å². The minimum absolute atomic E-state index is 0.159. The predicted molar refractivity (Wildman–Crippen MR) is 72.5 cm³/mol. The standard InChI is InChI=1S/C12H23NO5S/c1-5-12(6-2,7-8-19(15,16)18-13)9-17-11(14)10(3)4/h3,5-9,13H2,1-2,4H3. The monoisotopic (exact) mass is 293 g/mol. The number of carbonyl (C=O) groups excluding carboxylic acids is 1. The molecule has 6 nitrogen and oxygen atoms in total. The van der Waals surface area contributed by atoms with E-state index in [0.717, 1.165) is 0 Å². The molecule has 0 saturated carbocycles. The Morgan fingerprint density at radius 3 is 2.21 bits per heavy atom. The molecule has 0 saturated heterocycles. The third kappa shape index (κ3) is 6.17. The van der Waals surface area contributed by atoms with Crippen LogP contribution in [0.4, 0.5) is 0 Å². The van der Waals surface area contributed by atoms with Crippen LogP contribution in [0.3, 0.4) is 0 Å². The number of rotatable bonds is 9.